The summed E-state index contributed by atoms with van der Waals surface area (Å²) in [6, 6.07) is 6.58. The van der Waals surface area contributed by atoms with Gasteiger partial charge in [-0.2, -0.15) is 0 Å². The van der Waals surface area contributed by atoms with Gasteiger partial charge >= 0.3 is 0 Å². The van der Waals surface area contributed by atoms with E-state index in [1.807, 2.05) is 12.3 Å². The zero-order chi connectivity index (χ0) is 18.3. The lowest BCUT2D eigenvalue weighted by molar-refractivity contribution is 0.122. The molecule has 0 spiro atoms. The third-order valence-electron chi connectivity index (χ3n) is 5.34. The molecule has 0 saturated carbocycles. The van der Waals surface area contributed by atoms with E-state index in [9.17, 15) is 0 Å². The average Bonchev–Trinajstić information content (AvgIpc) is 2.62. The van der Waals surface area contributed by atoms with E-state index < -0.39 is 0 Å². The van der Waals surface area contributed by atoms with Crippen molar-refractivity contribution < 1.29 is 4.74 Å². The number of aryl methyl sites for hydroxylation is 1. The number of hydrogen-bond donors (Lipinski definition) is 1. The van der Waals surface area contributed by atoms with Crippen LogP contribution in [0.3, 0.4) is 0 Å². The van der Waals surface area contributed by atoms with Gasteiger partial charge in [-0.05, 0) is 50.8 Å². The van der Waals surface area contributed by atoms with E-state index in [2.05, 4.69) is 55.0 Å². The smallest absolute Gasteiger partial charge is 0.226 e. The van der Waals surface area contributed by atoms with Crippen molar-refractivity contribution in [3.63, 3.8) is 0 Å². The third-order valence-corrected chi connectivity index (χ3v) is 5.34. The Morgan fingerprint density at radius 2 is 2.00 bits per heavy atom. The van der Waals surface area contributed by atoms with Crippen molar-refractivity contribution in [3.05, 3.63) is 35.5 Å². The highest BCUT2D eigenvalue weighted by molar-refractivity contribution is 5.81. The van der Waals surface area contributed by atoms with Crippen LogP contribution in [0.25, 0.3) is 11.3 Å². The molecule has 1 N–H and O–H groups in total. The number of hydrogen-bond acceptors (Lipinski definition) is 5. The molecule has 2 aliphatic heterocycles. The van der Waals surface area contributed by atoms with Crippen LogP contribution in [-0.4, -0.2) is 41.8 Å². The molecule has 26 heavy (non-hydrogen) atoms. The van der Waals surface area contributed by atoms with Gasteiger partial charge in [0.15, 0.2) is 0 Å². The molecule has 1 aromatic carbocycles. The lowest BCUT2D eigenvalue weighted by Crippen LogP contribution is -2.37. The van der Waals surface area contributed by atoms with E-state index in [0.29, 0.717) is 5.92 Å². The van der Waals surface area contributed by atoms with E-state index in [4.69, 9.17) is 9.72 Å². The summed E-state index contributed by atoms with van der Waals surface area (Å²) in [6.07, 6.45) is 3.00. The molecule has 0 unspecified atom stereocenters. The summed E-state index contributed by atoms with van der Waals surface area (Å²) in [5.74, 6) is 1.32. The molecule has 1 fully saturated rings. The minimum absolute atomic E-state index is 0.0799. The highest BCUT2D eigenvalue weighted by Crippen LogP contribution is 2.44. The van der Waals surface area contributed by atoms with Gasteiger partial charge in [-0.25, -0.2) is 9.97 Å². The summed E-state index contributed by atoms with van der Waals surface area (Å²) < 4.78 is 5.45. The van der Waals surface area contributed by atoms with Gasteiger partial charge in [0.1, 0.15) is 0 Å². The molecule has 4 rings (SSSR count). The highest BCUT2D eigenvalue weighted by Gasteiger charge is 2.31. The van der Waals surface area contributed by atoms with Crippen LogP contribution in [0, 0.1) is 6.92 Å². The fourth-order valence-electron chi connectivity index (χ4n) is 4.22. The summed E-state index contributed by atoms with van der Waals surface area (Å²) in [5.41, 5.74) is 6.14. The van der Waals surface area contributed by atoms with Gasteiger partial charge in [0, 0.05) is 36.1 Å². The van der Waals surface area contributed by atoms with Crippen molar-refractivity contribution in [2.75, 3.05) is 36.5 Å². The molecule has 2 aromatic rings. The zero-order valence-electron chi connectivity index (χ0n) is 16.2. The summed E-state index contributed by atoms with van der Waals surface area (Å²) in [4.78, 5) is 11.6. The maximum atomic E-state index is 5.45. The van der Waals surface area contributed by atoms with Crippen LogP contribution in [0.15, 0.2) is 24.4 Å². The summed E-state index contributed by atoms with van der Waals surface area (Å²) in [6.45, 7) is 12.2. The second-order valence-corrected chi connectivity index (χ2v) is 8.23. The molecule has 1 aromatic heterocycles. The lowest BCUT2D eigenvalue weighted by Gasteiger charge is -2.39. The summed E-state index contributed by atoms with van der Waals surface area (Å²) >= 11 is 0. The highest BCUT2D eigenvalue weighted by atomic mass is 16.5. The van der Waals surface area contributed by atoms with Crippen LogP contribution >= 0.6 is 0 Å². The molecule has 1 saturated heterocycles. The van der Waals surface area contributed by atoms with Crippen molar-refractivity contribution in [2.24, 2.45) is 0 Å². The number of ether oxygens (including phenoxy) is 1. The third kappa shape index (κ3) is 3.28. The maximum Gasteiger partial charge on any atom is 0.226 e. The first-order valence-corrected chi connectivity index (χ1v) is 9.52. The van der Waals surface area contributed by atoms with Crippen LogP contribution in [-0.2, 0) is 4.74 Å². The van der Waals surface area contributed by atoms with Gasteiger partial charge in [-0.3, -0.25) is 0 Å². The van der Waals surface area contributed by atoms with E-state index >= 15 is 0 Å². The van der Waals surface area contributed by atoms with E-state index in [1.54, 1.807) is 0 Å². The second-order valence-electron chi connectivity index (χ2n) is 8.23. The number of benzene rings is 1. The molecule has 0 bridgehead atoms. The fourth-order valence-corrected chi connectivity index (χ4v) is 4.22. The normalized spacial score (nSPS) is 21.8. The van der Waals surface area contributed by atoms with Crippen LogP contribution in [0.2, 0.25) is 0 Å². The Balaban J connectivity index is 1.79. The first kappa shape index (κ1) is 17.3. The topological polar surface area (TPSA) is 50.3 Å². The Morgan fingerprint density at radius 3 is 2.77 bits per heavy atom. The SMILES string of the molecule is Cc1cc(-c2ccnc(N3CCOCC3)n2)c2c(c1)[C@@H](C)CC(C)(C)N2. The quantitative estimate of drug-likeness (QED) is 0.886. The molecule has 0 amide bonds. The van der Waals surface area contributed by atoms with Crippen molar-refractivity contribution >= 4 is 11.6 Å². The number of fused-ring (bicyclic) bond motifs is 1. The van der Waals surface area contributed by atoms with Crippen LogP contribution in [0.5, 0.6) is 0 Å². The second kappa shape index (κ2) is 6.54. The molecular weight excluding hydrogens is 324 g/mol. The van der Waals surface area contributed by atoms with Gasteiger partial charge in [-0.1, -0.05) is 18.6 Å². The number of nitrogens with one attached hydrogen (secondary N) is 1. The first-order valence-electron chi connectivity index (χ1n) is 9.52. The molecule has 5 heteroatoms. The number of nitrogens with zero attached hydrogens (tertiary/aromatic N) is 3. The molecule has 2 aliphatic rings. The number of rotatable bonds is 2. The lowest BCUT2D eigenvalue weighted by atomic mass is 9.80. The number of morpholine rings is 1. The van der Waals surface area contributed by atoms with Crippen molar-refractivity contribution in [1.82, 2.24) is 9.97 Å². The van der Waals surface area contributed by atoms with Gasteiger partial charge in [0.25, 0.3) is 0 Å². The van der Waals surface area contributed by atoms with Gasteiger partial charge in [0.2, 0.25) is 5.95 Å². The number of aromatic nitrogens is 2. The van der Waals surface area contributed by atoms with E-state index in [-0.39, 0.29) is 5.54 Å². The van der Waals surface area contributed by atoms with Gasteiger partial charge < -0.3 is 15.0 Å². The maximum absolute atomic E-state index is 5.45. The van der Waals surface area contributed by atoms with Crippen LogP contribution in [0.1, 0.15) is 44.2 Å². The van der Waals surface area contributed by atoms with Gasteiger partial charge in [0.05, 0.1) is 18.9 Å². The number of anilines is 2. The zero-order valence-corrected chi connectivity index (χ0v) is 16.2. The molecule has 5 nitrogen and oxygen atoms in total. The van der Waals surface area contributed by atoms with Crippen molar-refractivity contribution in [3.8, 4) is 11.3 Å². The summed E-state index contributed by atoms with van der Waals surface area (Å²) in [7, 11) is 0. The molecule has 0 aliphatic carbocycles. The Labute approximate surface area is 155 Å². The first-order chi connectivity index (χ1) is 12.4. The predicted octanol–water partition coefficient (Wildman–Crippen LogP) is 3.99. The predicted molar refractivity (Wildman–Crippen MR) is 106 cm³/mol. The molecule has 138 valence electrons. The fraction of sp³-hybridized carbons (Fsp3) is 0.524. The molecule has 0 radical (unpaired) electrons. The minimum Gasteiger partial charge on any atom is -0.379 e. The van der Waals surface area contributed by atoms with Crippen LogP contribution < -0.4 is 10.2 Å². The van der Waals surface area contributed by atoms with Crippen molar-refractivity contribution in [1.29, 1.82) is 0 Å². The standard InChI is InChI=1S/C21H28N4O/c1-14-11-16-15(2)13-21(3,4)24-19(16)17(12-14)18-5-6-22-20(23-18)25-7-9-26-10-8-25/h5-6,11-12,15,24H,7-10,13H2,1-4H3/t15-/m0/s1. The van der Waals surface area contributed by atoms with Crippen molar-refractivity contribution in [2.45, 2.75) is 45.6 Å². The monoisotopic (exact) mass is 352 g/mol. The Bertz CT molecular complexity index is 812. The largest absolute Gasteiger partial charge is 0.379 e. The Kier molecular flexibility index (Phi) is 4.35. The molecule has 3 heterocycles. The Hall–Kier alpha value is -2.14. The van der Waals surface area contributed by atoms with Crippen LogP contribution in [0.4, 0.5) is 11.6 Å². The Morgan fingerprint density at radius 1 is 1.23 bits per heavy atom. The average molecular weight is 352 g/mol. The minimum atomic E-state index is 0.0799. The summed E-state index contributed by atoms with van der Waals surface area (Å²) in [5, 5.41) is 3.77. The van der Waals surface area contributed by atoms with Gasteiger partial charge in [-0.15, -0.1) is 0 Å². The van der Waals surface area contributed by atoms with E-state index in [0.717, 1.165) is 44.4 Å². The van der Waals surface area contributed by atoms with E-state index in [1.165, 1.54) is 22.4 Å². The molecular formula is C21H28N4O. The molecule has 1 atom stereocenters.